The number of tetrazole rings is 1. The third-order valence-corrected chi connectivity index (χ3v) is 4.16. The van der Waals surface area contributed by atoms with E-state index in [-0.39, 0.29) is 10.8 Å². The van der Waals surface area contributed by atoms with E-state index in [0.29, 0.717) is 0 Å². The van der Waals surface area contributed by atoms with Crippen LogP contribution in [-0.2, 0) is 23.5 Å². The number of aromatic nitrogens is 4. The molecule has 2 heterocycles. The van der Waals surface area contributed by atoms with Crippen molar-refractivity contribution >= 4 is 21.7 Å². The maximum absolute atomic E-state index is 12.2. The van der Waals surface area contributed by atoms with Crippen molar-refractivity contribution in [2.75, 3.05) is 16.6 Å². The van der Waals surface area contributed by atoms with E-state index < -0.39 is 10.0 Å². The van der Waals surface area contributed by atoms with E-state index in [4.69, 9.17) is 0 Å². The molecule has 3 rings (SSSR count). The molecule has 0 unspecified atom stereocenters. The van der Waals surface area contributed by atoms with Crippen molar-refractivity contribution in [1.29, 1.82) is 0 Å². The van der Waals surface area contributed by atoms with Gasteiger partial charge in [0.1, 0.15) is 0 Å². The fraction of sp³-hybridized carbons (Fsp3) is 0.300. The molecule has 0 saturated heterocycles. The van der Waals surface area contributed by atoms with Crippen LogP contribution in [0.15, 0.2) is 23.1 Å². The number of nitrogens with one attached hydrogen (secondary N) is 2. The number of anilines is 2. The Kier molecular flexibility index (Phi) is 2.63. The van der Waals surface area contributed by atoms with E-state index in [1.54, 1.807) is 19.2 Å². The number of fused-ring (bicyclic) bond motifs is 1. The molecule has 1 aliphatic rings. The topological polar surface area (TPSA) is 102 Å². The van der Waals surface area contributed by atoms with Gasteiger partial charge >= 0.3 is 0 Å². The predicted octanol–water partition coefficient (Wildman–Crippen LogP) is -0.0211. The first-order valence-corrected chi connectivity index (χ1v) is 7.16. The van der Waals surface area contributed by atoms with Crippen molar-refractivity contribution < 1.29 is 8.42 Å². The van der Waals surface area contributed by atoms with Crippen LogP contribution in [0.4, 0.5) is 11.6 Å². The highest BCUT2D eigenvalue weighted by Crippen LogP contribution is 2.25. The minimum atomic E-state index is -3.69. The van der Waals surface area contributed by atoms with E-state index in [0.717, 1.165) is 24.2 Å². The Balaban J connectivity index is 1.92. The minimum Gasteiger partial charge on any atom is -0.384 e. The molecule has 9 heteroatoms. The standard InChI is InChI=1S/C10H12N6O2S/c1-16-13-10(12-15-16)14-19(17,18)8-3-2-7-4-5-11-9(7)6-8/h2-3,6,11H,4-5H2,1H3,(H,13,14). The lowest BCUT2D eigenvalue weighted by atomic mass is 10.2. The van der Waals surface area contributed by atoms with Crippen molar-refractivity contribution in [3.63, 3.8) is 0 Å². The summed E-state index contributed by atoms with van der Waals surface area (Å²) in [5, 5.41) is 14.1. The molecule has 0 radical (unpaired) electrons. The highest BCUT2D eigenvalue weighted by molar-refractivity contribution is 7.92. The van der Waals surface area contributed by atoms with E-state index >= 15 is 0 Å². The van der Waals surface area contributed by atoms with E-state index in [2.05, 4.69) is 25.4 Å². The van der Waals surface area contributed by atoms with Gasteiger partial charge in [0.2, 0.25) is 0 Å². The van der Waals surface area contributed by atoms with Gasteiger partial charge in [-0.15, -0.1) is 5.10 Å². The normalized spacial score (nSPS) is 13.9. The zero-order valence-electron chi connectivity index (χ0n) is 10.2. The number of benzene rings is 1. The van der Waals surface area contributed by atoms with Gasteiger partial charge in [-0.1, -0.05) is 11.2 Å². The molecular weight excluding hydrogens is 268 g/mol. The largest absolute Gasteiger partial charge is 0.384 e. The number of sulfonamides is 1. The van der Waals surface area contributed by atoms with Crippen LogP contribution in [0.2, 0.25) is 0 Å². The third-order valence-electron chi connectivity index (χ3n) is 2.84. The molecule has 2 aromatic rings. The molecule has 0 amide bonds. The van der Waals surface area contributed by atoms with Gasteiger partial charge in [-0.05, 0) is 29.3 Å². The molecular formula is C10H12N6O2S. The van der Waals surface area contributed by atoms with E-state index in [1.807, 2.05) is 6.07 Å². The lowest BCUT2D eigenvalue weighted by Gasteiger charge is -2.06. The van der Waals surface area contributed by atoms with Crippen molar-refractivity contribution in [3.05, 3.63) is 23.8 Å². The summed E-state index contributed by atoms with van der Waals surface area (Å²) < 4.78 is 26.6. The number of rotatable bonds is 3. The fourth-order valence-electron chi connectivity index (χ4n) is 1.94. The Hall–Kier alpha value is -2.16. The molecule has 19 heavy (non-hydrogen) atoms. The molecule has 0 aliphatic carbocycles. The van der Waals surface area contributed by atoms with Crippen LogP contribution >= 0.6 is 0 Å². The van der Waals surface area contributed by atoms with Gasteiger partial charge < -0.3 is 5.32 Å². The summed E-state index contributed by atoms with van der Waals surface area (Å²) in [4.78, 5) is 1.36. The van der Waals surface area contributed by atoms with Crippen LogP contribution in [0.1, 0.15) is 5.56 Å². The van der Waals surface area contributed by atoms with Gasteiger partial charge in [0, 0.05) is 12.2 Å². The molecule has 1 aliphatic heterocycles. The maximum Gasteiger partial charge on any atom is 0.277 e. The summed E-state index contributed by atoms with van der Waals surface area (Å²) in [7, 11) is -2.13. The molecule has 8 nitrogen and oxygen atoms in total. The summed E-state index contributed by atoms with van der Waals surface area (Å²) in [6.07, 6.45) is 0.912. The highest BCUT2D eigenvalue weighted by atomic mass is 32.2. The monoisotopic (exact) mass is 280 g/mol. The summed E-state index contributed by atoms with van der Waals surface area (Å²) in [6.45, 7) is 0.831. The molecule has 0 bridgehead atoms. The first-order valence-electron chi connectivity index (χ1n) is 5.68. The fourth-order valence-corrected chi connectivity index (χ4v) is 2.90. The smallest absolute Gasteiger partial charge is 0.277 e. The molecule has 0 fully saturated rings. The summed E-state index contributed by atoms with van der Waals surface area (Å²) >= 11 is 0. The summed E-state index contributed by atoms with van der Waals surface area (Å²) in [5.74, 6) is -0.0454. The Labute approximate surface area is 109 Å². The lowest BCUT2D eigenvalue weighted by Crippen LogP contribution is -2.14. The predicted molar refractivity (Wildman–Crippen MR) is 68.2 cm³/mol. The van der Waals surface area contributed by atoms with Gasteiger partial charge in [0.05, 0.1) is 11.9 Å². The second kappa shape index (κ2) is 4.19. The Morgan fingerprint density at radius 3 is 3.00 bits per heavy atom. The highest BCUT2D eigenvalue weighted by Gasteiger charge is 2.19. The van der Waals surface area contributed by atoms with Crippen molar-refractivity contribution in [2.24, 2.45) is 7.05 Å². The third kappa shape index (κ3) is 2.24. The van der Waals surface area contributed by atoms with Crippen molar-refractivity contribution in [3.8, 4) is 0 Å². The number of hydrogen-bond acceptors (Lipinski definition) is 6. The Morgan fingerprint density at radius 2 is 2.26 bits per heavy atom. The zero-order chi connectivity index (χ0) is 13.5. The van der Waals surface area contributed by atoms with Crippen LogP contribution in [0.3, 0.4) is 0 Å². The minimum absolute atomic E-state index is 0.0454. The van der Waals surface area contributed by atoms with Crippen LogP contribution in [0.25, 0.3) is 0 Å². The molecule has 0 spiro atoms. The molecule has 100 valence electrons. The summed E-state index contributed by atoms with van der Waals surface area (Å²) in [6, 6.07) is 5.00. The first-order chi connectivity index (χ1) is 9.04. The molecule has 0 atom stereocenters. The Morgan fingerprint density at radius 1 is 1.42 bits per heavy atom. The average molecular weight is 280 g/mol. The molecule has 1 aromatic heterocycles. The van der Waals surface area contributed by atoms with Crippen LogP contribution in [-0.4, -0.2) is 35.2 Å². The Bertz CT molecular complexity index is 723. The summed E-state index contributed by atoms with van der Waals surface area (Å²) in [5.41, 5.74) is 1.98. The van der Waals surface area contributed by atoms with Gasteiger partial charge in [-0.2, -0.15) is 4.80 Å². The number of nitrogens with zero attached hydrogens (tertiary/aromatic N) is 4. The first kappa shape index (κ1) is 11.9. The van der Waals surface area contributed by atoms with Crippen LogP contribution in [0.5, 0.6) is 0 Å². The van der Waals surface area contributed by atoms with Gasteiger partial charge in [-0.25, -0.2) is 13.1 Å². The van der Waals surface area contributed by atoms with E-state index in [9.17, 15) is 8.42 Å². The number of aryl methyl sites for hydroxylation is 1. The second-order valence-corrected chi connectivity index (χ2v) is 5.89. The molecule has 0 saturated carbocycles. The van der Waals surface area contributed by atoms with Gasteiger partial charge in [-0.3, -0.25) is 0 Å². The zero-order valence-corrected chi connectivity index (χ0v) is 11.0. The number of hydrogen-bond donors (Lipinski definition) is 2. The molecule has 1 aromatic carbocycles. The average Bonchev–Trinajstić information content (AvgIpc) is 2.96. The maximum atomic E-state index is 12.2. The van der Waals surface area contributed by atoms with Gasteiger partial charge in [0.25, 0.3) is 16.0 Å². The van der Waals surface area contributed by atoms with E-state index in [1.165, 1.54) is 4.80 Å². The molecule has 2 N–H and O–H groups in total. The van der Waals surface area contributed by atoms with Crippen molar-refractivity contribution in [1.82, 2.24) is 20.2 Å². The van der Waals surface area contributed by atoms with Crippen molar-refractivity contribution in [2.45, 2.75) is 11.3 Å². The van der Waals surface area contributed by atoms with Crippen LogP contribution < -0.4 is 10.0 Å². The van der Waals surface area contributed by atoms with Gasteiger partial charge in [0.15, 0.2) is 0 Å². The second-order valence-electron chi connectivity index (χ2n) is 4.20. The SMILES string of the molecule is Cn1nnc(NS(=O)(=O)c2ccc3c(c2)NCC3)n1. The quantitative estimate of drug-likeness (QED) is 0.819. The lowest BCUT2D eigenvalue weighted by molar-refractivity contribution is 0.600. The van der Waals surface area contributed by atoms with Crippen LogP contribution in [0, 0.1) is 0 Å².